The molecule has 1 amide bonds. The van der Waals surface area contributed by atoms with Gasteiger partial charge in [0.1, 0.15) is 11.4 Å². The fourth-order valence-corrected chi connectivity index (χ4v) is 2.41. The van der Waals surface area contributed by atoms with Gasteiger partial charge in [-0.15, -0.1) is 15.3 Å². The lowest BCUT2D eigenvalue weighted by Crippen LogP contribution is -2.36. The van der Waals surface area contributed by atoms with Gasteiger partial charge in [0.25, 0.3) is 5.91 Å². The first kappa shape index (κ1) is 16.1. The highest BCUT2D eigenvalue weighted by molar-refractivity contribution is 5.91. The summed E-state index contributed by atoms with van der Waals surface area (Å²) in [5.74, 6) is 0.101. The first-order valence-electron chi connectivity index (χ1n) is 7.22. The lowest BCUT2D eigenvalue weighted by atomic mass is 10.2. The Kier molecular flexibility index (Phi) is 4.08. The molecule has 2 N–H and O–H groups in total. The van der Waals surface area contributed by atoms with Crippen LogP contribution in [0.5, 0.6) is 0 Å². The monoisotopic (exact) mass is 341 g/mol. The third kappa shape index (κ3) is 3.14. The maximum Gasteiger partial charge on any atom is 0.420 e. The number of fused-ring (bicyclic) bond motifs is 1. The summed E-state index contributed by atoms with van der Waals surface area (Å²) in [6, 6.07) is 0.943. The number of nitrogens with zero attached hydrogens (tertiary/aromatic N) is 5. The van der Waals surface area contributed by atoms with E-state index in [-0.39, 0.29) is 29.8 Å². The number of alkyl halides is 3. The van der Waals surface area contributed by atoms with E-state index in [1.165, 1.54) is 6.92 Å². The first-order valence-corrected chi connectivity index (χ1v) is 7.22. The predicted molar refractivity (Wildman–Crippen MR) is 76.3 cm³/mol. The van der Waals surface area contributed by atoms with Gasteiger partial charge in [0, 0.05) is 26.1 Å². The SMILES string of the molecule is Cc1cc(C(F)(F)F)c(NCCc2nnc3n2CCNC3=O)nn1. The summed E-state index contributed by atoms with van der Waals surface area (Å²) in [4.78, 5) is 11.6. The maximum atomic E-state index is 13.0. The van der Waals surface area contributed by atoms with E-state index in [1.54, 1.807) is 4.57 Å². The van der Waals surface area contributed by atoms with Crippen LogP contribution < -0.4 is 10.6 Å². The highest BCUT2D eigenvalue weighted by Gasteiger charge is 2.35. The molecular weight excluding hydrogens is 327 g/mol. The summed E-state index contributed by atoms with van der Waals surface area (Å²) in [7, 11) is 0. The Hall–Kier alpha value is -2.72. The Labute approximate surface area is 134 Å². The first-order chi connectivity index (χ1) is 11.4. The third-order valence-electron chi connectivity index (χ3n) is 3.51. The fourth-order valence-electron chi connectivity index (χ4n) is 2.41. The van der Waals surface area contributed by atoms with Crippen molar-refractivity contribution in [2.45, 2.75) is 26.1 Å². The maximum absolute atomic E-state index is 13.0. The van der Waals surface area contributed by atoms with E-state index in [2.05, 4.69) is 31.0 Å². The standard InChI is InChI=1S/C13H14F3N7O/c1-7-6-8(13(14,15)16)10(21-19-7)17-3-2-9-20-22-11-12(24)18-4-5-23(9)11/h6H,2-5H2,1H3,(H,17,21)(H,18,24). The lowest BCUT2D eigenvalue weighted by Gasteiger charge is -2.16. The molecule has 2 aromatic rings. The third-order valence-corrected chi connectivity index (χ3v) is 3.51. The Bertz CT molecular complexity index is 771. The molecule has 11 heteroatoms. The summed E-state index contributed by atoms with van der Waals surface area (Å²) in [6.45, 7) is 2.59. The average molecular weight is 341 g/mol. The van der Waals surface area contributed by atoms with E-state index in [9.17, 15) is 18.0 Å². The highest BCUT2D eigenvalue weighted by atomic mass is 19.4. The number of rotatable bonds is 4. The zero-order valence-electron chi connectivity index (χ0n) is 12.7. The Morgan fingerprint density at radius 3 is 2.83 bits per heavy atom. The normalized spacial score (nSPS) is 14.2. The second-order valence-electron chi connectivity index (χ2n) is 5.27. The Morgan fingerprint density at radius 2 is 2.08 bits per heavy atom. The summed E-state index contributed by atoms with van der Waals surface area (Å²) in [5, 5.41) is 20.2. The number of carbonyl (C=O) groups excluding carboxylic acids is 1. The molecule has 0 spiro atoms. The van der Waals surface area contributed by atoms with Gasteiger partial charge in [0.05, 0.1) is 5.69 Å². The number of hydrogen-bond acceptors (Lipinski definition) is 6. The van der Waals surface area contributed by atoms with Gasteiger partial charge < -0.3 is 15.2 Å². The molecule has 0 aliphatic carbocycles. The summed E-state index contributed by atoms with van der Waals surface area (Å²) < 4.78 is 40.7. The topological polar surface area (TPSA) is 97.6 Å². The van der Waals surface area contributed by atoms with Gasteiger partial charge in [-0.3, -0.25) is 4.79 Å². The number of carbonyl (C=O) groups is 1. The average Bonchev–Trinajstić information content (AvgIpc) is 2.92. The number of nitrogens with one attached hydrogen (secondary N) is 2. The van der Waals surface area contributed by atoms with Crippen molar-refractivity contribution in [1.82, 2.24) is 30.3 Å². The van der Waals surface area contributed by atoms with Crippen molar-refractivity contribution in [2.75, 3.05) is 18.4 Å². The van der Waals surface area contributed by atoms with Crippen LogP contribution in [-0.2, 0) is 19.1 Å². The van der Waals surface area contributed by atoms with Crippen molar-refractivity contribution in [3.8, 4) is 0 Å². The molecule has 0 saturated carbocycles. The number of hydrogen-bond donors (Lipinski definition) is 2. The number of aryl methyl sites for hydroxylation is 1. The molecule has 1 aliphatic heterocycles. The van der Waals surface area contributed by atoms with Gasteiger partial charge in [-0.1, -0.05) is 0 Å². The minimum atomic E-state index is -4.52. The molecule has 0 atom stereocenters. The van der Waals surface area contributed by atoms with Crippen LogP contribution in [0.1, 0.15) is 27.7 Å². The highest BCUT2D eigenvalue weighted by Crippen LogP contribution is 2.33. The van der Waals surface area contributed by atoms with Gasteiger partial charge >= 0.3 is 6.18 Å². The molecule has 3 rings (SSSR count). The van der Waals surface area contributed by atoms with Crippen LogP contribution in [0.25, 0.3) is 0 Å². The van der Waals surface area contributed by atoms with E-state index in [1.807, 2.05) is 0 Å². The van der Waals surface area contributed by atoms with E-state index in [0.29, 0.717) is 25.3 Å². The Balaban J connectivity index is 1.71. The van der Waals surface area contributed by atoms with Crippen LogP contribution in [0.15, 0.2) is 6.07 Å². The molecule has 128 valence electrons. The van der Waals surface area contributed by atoms with Crippen LogP contribution in [-0.4, -0.2) is 44.0 Å². The van der Waals surface area contributed by atoms with Crippen molar-refractivity contribution in [2.24, 2.45) is 0 Å². The van der Waals surface area contributed by atoms with Crippen LogP contribution in [0.4, 0.5) is 19.0 Å². The summed E-state index contributed by atoms with van der Waals surface area (Å²) in [5.41, 5.74) is -0.678. The van der Waals surface area contributed by atoms with Crippen molar-refractivity contribution in [1.29, 1.82) is 0 Å². The van der Waals surface area contributed by atoms with E-state index >= 15 is 0 Å². The van der Waals surface area contributed by atoms with Crippen molar-refractivity contribution < 1.29 is 18.0 Å². The van der Waals surface area contributed by atoms with Gasteiger partial charge in [-0.05, 0) is 13.0 Å². The van der Waals surface area contributed by atoms with E-state index < -0.39 is 11.7 Å². The van der Waals surface area contributed by atoms with Crippen molar-refractivity contribution in [3.05, 3.63) is 29.0 Å². The number of halogens is 3. The largest absolute Gasteiger partial charge is 0.420 e. The predicted octanol–water partition coefficient (Wildman–Crippen LogP) is 0.793. The molecule has 0 fully saturated rings. The summed E-state index contributed by atoms with van der Waals surface area (Å²) >= 11 is 0. The number of aromatic nitrogens is 5. The second kappa shape index (κ2) is 6.06. The van der Waals surface area contributed by atoms with Crippen molar-refractivity contribution >= 4 is 11.7 Å². The zero-order valence-corrected chi connectivity index (χ0v) is 12.7. The molecule has 0 bridgehead atoms. The number of amides is 1. The van der Waals surface area contributed by atoms with Gasteiger partial charge in [0.2, 0.25) is 5.82 Å². The quantitative estimate of drug-likeness (QED) is 0.853. The van der Waals surface area contributed by atoms with Crippen LogP contribution >= 0.6 is 0 Å². The molecular formula is C13H14F3N7O. The minimum Gasteiger partial charge on any atom is -0.368 e. The molecule has 0 aromatic carbocycles. The summed E-state index contributed by atoms with van der Waals surface area (Å²) in [6.07, 6.45) is -4.22. The van der Waals surface area contributed by atoms with Gasteiger partial charge in [-0.2, -0.15) is 18.3 Å². The Morgan fingerprint density at radius 1 is 1.29 bits per heavy atom. The van der Waals surface area contributed by atoms with Gasteiger partial charge in [0.15, 0.2) is 5.82 Å². The molecule has 8 nitrogen and oxygen atoms in total. The molecule has 0 saturated heterocycles. The van der Waals surface area contributed by atoms with Crippen molar-refractivity contribution in [3.63, 3.8) is 0 Å². The molecule has 24 heavy (non-hydrogen) atoms. The van der Waals surface area contributed by atoms with E-state index in [4.69, 9.17) is 0 Å². The zero-order chi connectivity index (χ0) is 17.3. The van der Waals surface area contributed by atoms with Crippen LogP contribution in [0.3, 0.4) is 0 Å². The lowest BCUT2D eigenvalue weighted by molar-refractivity contribution is -0.137. The molecule has 1 aliphatic rings. The fraction of sp³-hybridized carbons (Fsp3) is 0.462. The smallest absolute Gasteiger partial charge is 0.368 e. The molecule has 2 aromatic heterocycles. The molecule has 0 unspecified atom stereocenters. The van der Waals surface area contributed by atoms with E-state index in [0.717, 1.165) is 6.07 Å². The molecule has 3 heterocycles. The second-order valence-corrected chi connectivity index (χ2v) is 5.27. The van der Waals surface area contributed by atoms with Gasteiger partial charge in [-0.25, -0.2) is 0 Å². The minimum absolute atomic E-state index is 0.153. The van der Waals surface area contributed by atoms with Crippen LogP contribution in [0.2, 0.25) is 0 Å². The van der Waals surface area contributed by atoms with Crippen LogP contribution in [0, 0.1) is 6.92 Å². The molecule has 0 radical (unpaired) electrons. The number of anilines is 1.